The molecule has 4 rings (SSSR count). The van der Waals surface area contributed by atoms with Crippen molar-refractivity contribution in [2.45, 2.75) is 6.92 Å². The lowest BCUT2D eigenvalue weighted by Gasteiger charge is -2.02. The van der Waals surface area contributed by atoms with Crippen LogP contribution in [-0.2, 0) is 0 Å². The number of methoxy groups -OCH3 is 1. The second kappa shape index (κ2) is 5.92. The van der Waals surface area contributed by atoms with E-state index in [2.05, 4.69) is 16.3 Å². The third-order valence-corrected chi connectivity index (χ3v) is 5.41. The summed E-state index contributed by atoms with van der Waals surface area (Å²) in [6.07, 6.45) is 0. The van der Waals surface area contributed by atoms with Crippen LogP contribution in [0.15, 0.2) is 42.5 Å². The second-order valence-corrected chi connectivity index (χ2v) is 6.81. The van der Waals surface area contributed by atoms with Crippen molar-refractivity contribution in [3.8, 4) is 26.9 Å². The lowest BCUT2D eigenvalue weighted by atomic mass is 10.1. The van der Waals surface area contributed by atoms with Crippen LogP contribution in [0.25, 0.3) is 32.0 Å². The van der Waals surface area contributed by atoms with E-state index in [4.69, 9.17) is 21.3 Å². The standard InChI is InChI=1S/C18H14ClN3OS/c1-10-17(11-5-3-6-12(9-11)23-2)24-18(20-10)16-13-7-4-8-14(19)15(13)21-22-16/h3-9H,1-2H3,(H,21,22). The number of nitrogens with zero attached hydrogens (tertiary/aromatic N) is 2. The Morgan fingerprint density at radius 1 is 1.17 bits per heavy atom. The van der Waals surface area contributed by atoms with Crippen LogP contribution in [0.3, 0.4) is 0 Å². The molecule has 120 valence electrons. The first-order valence-corrected chi connectivity index (χ1v) is 8.61. The summed E-state index contributed by atoms with van der Waals surface area (Å²) in [5.74, 6) is 0.832. The Morgan fingerprint density at radius 3 is 2.83 bits per heavy atom. The minimum absolute atomic E-state index is 0.660. The molecule has 0 atom stereocenters. The topological polar surface area (TPSA) is 50.8 Å². The molecule has 0 bridgehead atoms. The van der Waals surface area contributed by atoms with Gasteiger partial charge in [-0.3, -0.25) is 5.10 Å². The molecule has 2 heterocycles. The highest BCUT2D eigenvalue weighted by molar-refractivity contribution is 7.18. The lowest BCUT2D eigenvalue weighted by molar-refractivity contribution is 0.415. The number of thiazole rings is 1. The third kappa shape index (κ3) is 2.46. The molecule has 4 aromatic rings. The van der Waals surface area contributed by atoms with Crippen LogP contribution >= 0.6 is 22.9 Å². The molecule has 0 radical (unpaired) electrons. The van der Waals surface area contributed by atoms with Gasteiger partial charge in [0.05, 0.1) is 28.2 Å². The van der Waals surface area contributed by atoms with Crippen molar-refractivity contribution in [2.75, 3.05) is 7.11 Å². The Balaban J connectivity index is 1.84. The summed E-state index contributed by atoms with van der Waals surface area (Å²) < 4.78 is 5.32. The molecule has 6 heteroatoms. The molecule has 0 saturated heterocycles. The van der Waals surface area contributed by atoms with E-state index >= 15 is 0 Å². The first-order chi connectivity index (χ1) is 11.7. The van der Waals surface area contributed by atoms with Crippen molar-refractivity contribution in [2.24, 2.45) is 0 Å². The van der Waals surface area contributed by atoms with Gasteiger partial charge in [0.25, 0.3) is 0 Å². The number of nitrogens with one attached hydrogen (secondary N) is 1. The zero-order valence-corrected chi connectivity index (χ0v) is 14.7. The number of aromatic nitrogens is 3. The number of benzene rings is 2. The fourth-order valence-electron chi connectivity index (χ4n) is 2.70. The van der Waals surface area contributed by atoms with Crippen molar-refractivity contribution in [3.63, 3.8) is 0 Å². The zero-order valence-electron chi connectivity index (χ0n) is 13.1. The summed E-state index contributed by atoms with van der Waals surface area (Å²) in [7, 11) is 1.67. The minimum atomic E-state index is 0.660. The summed E-state index contributed by atoms with van der Waals surface area (Å²) in [6, 6.07) is 13.8. The Morgan fingerprint density at radius 2 is 2.00 bits per heavy atom. The first-order valence-electron chi connectivity index (χ1n) is 7.42. The SMILES string of the molecule is COc1cccc(-c2sc(-c3n[nH]c4c(Cl)cccc34)nc2C)c1. The van der Waals surface area contributed by atoms with Crippen molar-refractivity contribution in [1.82, 2.24) is 15.2 Å². The summed E-state index contributed by atoms with van der Waals surface area (Å²) in [4.78, 5) is 5.83. The maximum Gasteiger partial charge on any atom is 0.145 e. The quantitative estimate of drug-likeness (QED) is 0.540. The van der Waals surface area contributed by atoms with E-state index in [0.29, 0.717) is 5.02 Å². The Hall–Kier alpha value is -2.37. The molecule has 2 aromatic heterocycles. The first kappa shape index (κ1) is 15.2. The molecule has 2 aromatic carbocycles. The smallest absolute Gasteiger partial charge is 0.145 e. The van der Waals surface area contributed by atoms with Crippen molar-refractivity contribution in [1.29, 1.82) is 0 Å². The number of para-hydroxylation sites is 1. The molecule has 0 aliphatic carbocycles. The zero-order chi connectivity index (χ0) is 16.7. The highest BCUT2D eigenvalue weighted by Crippen LogP contribution is 2.38. The number of ether oxygens (including phenoxy) is 1. The fourth-order valence-corrected chi connectivity index (χ4v) is 3.98. The second-order valence-electron chi connectivity index (χ2n) is 5.40. The molecule has 0 amide bonds. The molecule has 1 N–H and O–H groups in total. The molecular weight excluding hydrogens is 342 g/mol. The van der Waals surface area contributed by atoms with E-state index in [1.54, 1.807) is 18.4 Å². The molecule has 0 aliphatic heterocycles. The number of rotatable bonds is 3. The average Bonchev–Trinajstić information content (AvgIpc) is 3.19. The Bertz CT molecular complexity index is 1040. The lowest BCUT2D eigenvalue weighted by Crippen LogP contribution is -1.83. The Labute approximate surface area is 148 Å². The largest absolute Gasteiger partial charge is 0.497 e. The molecule has 4 nitrogen and oxygen atoms in total. The van der Waals surface area contributed by atoms with E-state index in [1.165, 1.54) is 0 Å². The van der Waals surface area contributed by atoms with Crippen molar-refractivity contribution in [3.05, 3.63) is 53.2 Å². The van der Waals surface area contributed by atoms with Gasteiger partial charge in [-0.2, -0.15) is 5.10 Å². The predicted molar refractivity (Wildman–Crippen MR) is 98.9 cm³/mol. The fraction of sp³-hybridized carbons (Fsp3) is 0.111. The average molecular weight is 356 g/mol. The van der Waals surface area contributed by atoms with E-state index in [-0.39, 0.29) is 0 Å². The van der Waals surface area contributed by atoms with Gasteiger partial charge in [0.15, 0.2) is 0 Å². The van der Waals surface area contributed by atoms with Crippen molar-refractivity contribution < 1.29 is 4.74 Å². The van der Waals surface area contributed by atoms with Gasteiger partial charge < -0.3 is 4.74 Å². The maximum absolute atomic E-state index is 6.22. The number of hydrogen-bond donors (Lipinski definition) is 1. The number of hydrogen-bond acceptors (Lipinski definition) is 4. The Kier molecular flexibility index (Phi) is 3.75. The van der Waals surface area contributed by atoms with Gasteiger partial charge in [-0.15, -0.1) is 11.3 Å². The molecule has 24 heavy (non-hydrogen) atoms. The van der Waals surface area contributed by atoms with Crippen LogP contribution in [0.2, 0.25) is 5.02 Å². The highest BCUT2D eigenvalue weighted by atomic mass is 35.5. The molecule has 0 fully saturated rings. The van der Waals surface area contributed by atoms with Crippen molar-refractivity contribution >= 4 is 33.8 Å². The van der Waals surface area contributed by atoms with Crippen LogP contribution < -0.4 is 4.74 Å². The van der Waals surface area contributed by atoms with Gasteiger partial charge in [-0.05, 0) is 30.7 Å². The number of H-pyrrole nitrogens is 1. The van der Waals surface area contributed by atoms with Gasteiger partial charge in [0.2, 0.25) is 0 Å². The van der Waals surface area contributed by atoms with Gasteiger partial charge >= 0.3 is 0 Å². The minimum Gasteiger partial charge on any atom is -0.497 e. The van der Waals surface area contributed by atoms with Gasteiger partial charge in [0, 0.05) is 5.39 Å². The molecule has 0 spiro atoms. The van der Waals surface area contributed by atoms with E-state index < -0.39 is 0 Å². The predicted octanol–water partition coefficient (Wildman–Crippen LogP) is 5.32. The summed E-state index contributed by atoms with van der Waals surface area (Å²) in [5, 5.41) is 9.94. The van der Waals surface area contributed by atoms with E-state index in [1.807, 2.05) is 43.3 Å². The van der Waals surface area contributed by atoms with Crippen LogP contribution in [0, 0.1) is 6.92 Å². The van der Waals surface area contributed by atoms with E-state index in [9.17, 15) is 0 Å². The normalized spacial score (nSPS) is 11.1. The van der Waals surface area contributed by atoms with Gasteiger partial charge in [-0.25, -0.2) is 4.98 Å². The van der Waals surface area contributed by atoms with Crippen LogP contribution in [-0.4, -0.2) is 22.3 Å². The van der Waals surface area contributed by atoms with Gasteiger partial charge in [0.1, 0.15) is 16.5 Å². The molecule has 0 aliphatic rings. The molecular formula is C18H14ClN3OS. The monoisotopic (exact) mass is 355 g/mol. The summed E-state index contributed by atoms with van der Waals surface area (Å²) >= 11 is 7.84. The van der Waals surface area contributed by atoms with Crippen LogP contribution in [0.1, 0.15) is 5.69 Å². The van der Waals surface area contributed by atoms with E-state index in [0.717, 1.165) is 43.5 Å². The third-order valence-electron chi connectivity index (χ3n) is 3.88. The number of aryl methyl sites for hydroxylation is 1. The number of halogens is 1. The number of aromatic amines is 1. The molecule has 0 unspecified atom stereocenters. The van der Waals surface area contributed by atoms with Crippen LogP contribution in [0.5, 0.6) is 5.75 Å². The summed E-state index contributed by atoms with van der Waals surface area (Å²) in [5.41, 5.74) is 3.73. The number of fused-ring (bicyclic) bond motifs is 1. The maximum atomic E-state index is 6.22. The van der Waals surface area contributed by atoms with Crippen LogP contribution in [0.4, 0.5) is 0 Å². The molecule has 0 saturated carbocycles. The van der Waals surface area contributed by atoms with Gasteiger partial charge in [-0.1, -0.05) is 35.9 Å². The highest BCUT2D eigenvalue weighted by Gasteiger charge is 2.17. The summed E-state index contributed by atoms with van der Waals surface area (Å²) in [6.45, 7) is 2.01.